The molecule has 1 heterocycles. The largest absolute Gasteiger partial charge is 0.493 e. The molecule has 2 N–H and O–H groups in total. The summed E-state index contributed by atoms with van der Waals surface area (Å²) in [6.07, 6.45) is 2.42. The normalized spacial score (nSPS) is 10.9. The molecule has 6 heteroatoms. The molecule has 0 saturated carbocycles. The van der Waals surface area contributed by atoms with Crippen molar-refractivity contribution in [3.63, 3.8) is 0 Å². The van der Waals surface area contributed by atoms with E-state index in [-0.39, 0.29) is 0 Å². The minimum Gasteiger partial charge on any atom is -0.493 e. The number of pyridine rings is 1. The van der Waals surface area contributed by atoms with Crippen molar-refractivity contribution in [1.29, 1.82) is 0 Å². The fraction of sp³-hybridized carbons (Fsp3) is 0.571. The van der Waals surface area contributed by atoms with Crippen LogP contribution in [0.3, 0.4) is 0 Å². The van der Waals surface area contributed by atoms with E-state index in [4.69, 9.17) is 27.4 Å². The quantitative estimate of drug-likeness (QED) is 0.740. The zero-order valence-electron chi connectivity index (χ0n) is 12.5. The standard InChI is InChI=1S/C14H23N3O2S/c1-10(2)17(8-6-13(15)20)9-11-14(19-4)12(18-3)5-7-16-11/h5,7,10H,6,8-9H2,1-4H3,(H2,15,20). The summed E-state index contributed by atoms with van der Waals surface area (Å²) >= 11 is 4.94. The van der Waals surface area contributed by atoms with Crippen molar-refractivity contribution in [3.05, 3.63) is 18.0 Å². The maximum Gasteiger partial charge on any atom is 0.183 e. The van der Waals surface area contributed by atoms with Crippen LogP contribution in [0.2, 0.25) is 0 Å². The summed E-state index contributed by atoms with van der Waals surface area (Å²) in [6, 6.07) is 2.15. The highest BCUT2D eigenvalue weighted by molar-refractivity contribution is 7.80. The third-order valence-electron chi connectivity index (χ3n) is 3.09. The lowest BCUT2D eigenvalue weighted by atomic mass is 10.2. The smallest absolute Gasteiger partial charge is 0.183 e. The average molecular weight is 297 g/mol. The van der Waals surface area contributed by atoms with Crippen LogP contribution in [0.4, 0.5) is 0 Å². The first-order chi connectivity index (χ1) is 9.49. The molecule has 0 fully saturated rings. The predicted octanol–water partition coefficient (Wildman–Crippen LogP) is 1.99. The first-order valence-electron chi connectivity index (χ1n) is 6.57. The van der Waals surface area contributed by atoms with Crippen molar-refractivity contribution < 1.29 is 9.47 Å². The van der Waals surface area contributed by atoms with Gasteiger partial charge in [0.1, 0.15) is 5.69 Å². The van der Waals surface area contributed by atoms with Gasteiger partial charge in [-0.15, -0.1) is 0 Å². The zero-order valence-corrected chi connectivity index (χ0v) is 13.4. The Labute approximate surface area is 126 Å². The van der Waals surface area contributed by atoms with Gasteiger partial charge in [-0.3, -0.25) is 9.88 Å². The van der Waals surface area contributed by atoms with Crippen molar-refractivity contribution >= 4 is 17.2 Å². The molecule has 0 bridgehead atoms. The molecule has 5 nitrogen and oxygen atoms in total. The van der Waals surface area contributed by atoms with Crippen LogP contribution in [0.15, 0.2) is 12.3 Å². The van der Waals surface area contributed by atoms with Gasteiger partial charge in [0, 0.05) is 37.8 Å². The van der Waals surface area contributed by atoms with Gasteiger partial charge >= 0.3 is 0 Å². The van der Waals surface area contributed by atoms with Gasteiger partial charge in [-0.1, -0.05) is 12.2 Å². The molecule has 0 amide bonds. The molecular weight excluding hydrogens is 274 g/mol. The molecule has 0 saturated heterocycles. The van der Waals surface area contributed by atoms with Crippen molar-refractivity contribution in [1.82, 2.24) is 9.88 Å². The van der Waals surface area contributed by atoms with E-state index in [0.717, 1.165) is 12.2 Å². The van der Waals surface area contributed by atoms with Crippen molar-refractivity contribution in [3.8, 4) is 11.5 Å². The van der Waals surface area contributed by atoms with Crippen molar-refractivity contribution in [2.24, 2.45) is 5.73 Å². The maximum absolute atomic E-state index is 5.58. The highest BCUT2D eigenvalue weighted by atomic mass is 32.1. The molecule has 0 aliphatic carbocycles. The average Bonchev–Trinajstić information content (AvgIpc) is 2.42. The molecule has 0 spiro atoms. The van der Waals surface area contributed by atoms with Gasteiger partial charge in [-0.25, -0.2) is 0 Å². The molecule has 0 radical (unpaired) electrons. The summed E-state index contributed by atoms with van der Waals surface area (Å²) in [6.45, 7) is 5.73. The molecule has 0 aliphatic rings. The number of rotatable bonds is 8. The minimum atomic E-state index is 0.363. The lowest BCUT2D eigenvalue weighted by Gasteiger charge is -2.26. The van der Waals surface area contributed by atoms with Crippen LogP contribution in [0.25, 0.3) is 0 Å². The Balaban J connectivity index is 2.90. The Morgan fingerprint density at radius 2 is 2.10 bits per heavy atom. The fourth-order valence-electron chi connectivity index (χ4n) is 1.93. The fourth-order valence-corrected chi connectivity index (χ4v) is 2.02. The van der Waals surface area contributed by atoms with Crippen LogP contribution >= 0.6 is 12.2 Å². The van der Waals surface area contributed by atoms with Gasteiger partial charge < -0.3 is 15.2 Å². The number of aromatic nitrogens is 1. The number of nitrogens with two attached hydrogens (primary N) is 1. The van der Waals surface area contributed by atoms with E-state index in [2.05, 4.69) is 23.7 Å². The predicted molar refractivity (Wildman–Crippen MR) is 84.3 cm³/mol. The second-order valence-electron chi connectivity index (χ2n) is 4.77. The van der Waals surface area contributed by atoms with Gasteiger partial charge in [-0.05, 0) is 13.8 Å². The van der Waals surface area contributed by atoms with E-state index in [1.54, 1.807) is 26.5 Å². The molecule has 1 aromatic heterocycles. The van der Waals surface area contributed by atoms with Crippen LogP contribution in [0.1, 0.15) is 26.0 Å². The SMILES string of the molecule is COc1ccnc(CN(CCC(N)=S)C(C)C)c1OC. The lowest BCUT2D eigenvalue weighted by Crippen LogP contribution is -2.33. The van der Waals surface area contributed by atoms with Crippen LogP contribution < -0.4 is 15.2 Å². The van der Waals surface area contributed by atoms with Gasteiger partial charge in [0.15, 0.2) is 11.5 Å². The molecule has 0 unspecified atom stereocenters. The second-order valence-corrected chi connectivity index (χ2v) is 5.30. The molecule has 112 valence electrons. The van der Waals surface area contributed by atoms with Gasteiger partial charge in [0.2, 0.25) is 0 Å². The third kappa shape index (κ3) is 4.61. The van der Waals surface area contributed by atoms with E-state index in [0.29, 0.717) is 35.5 Å². The van der Waals surface area contributed by atoms with E-state index < -0.39 is 0 Å². The Hall–Kier alpha value is -1.40. The topological polar surface area (TPSA) is 60.6 Å². The molecule has 1 aromatic rings. The van der Waals surface area contributed by atoms with Crippen LogP contribution in [0.5, 0.6) is 11.5 Å². The summed E-state index contributed by atoms with van der Waals surface area (Å²) in [5.41, 5.74) is 6.43. The zero-order chi connectivity index (χ0) is 15.1. The van der Waals surface area contributed by atoms with Crippen LogP contribution in [0, 0.1) is 0 Å². The summed E-state index contributed by atoms with van der Waals surface area (Å²) in [7, 11) is 3.24. The number of methoxy groups -OCH3 is 2. The second kappa shape index (κ2) is 8.01. The Morgan fingerprint density at radius 3 is 2.60 bits per heavy atom. The summed E-state index contributed by atoms with van der Waals surface area (Å²) in [5.74, 6) is 1.37. The molecule has 0 atom stereocenters. The Morgan fingerprint density at radius 1 is 1.40 bits per heavy atom. The lowest BCUT2D eigenvalue weighted by molar-refractivity contribution is 0.212. The monoisotopic (exact) mass is 297 g/mol. The van der Waals surface area contributed by atoms with Crippen LogP contribution in [-0.4, -0.2) is 41.7 Å². The highest BCUT2D eigenvalue weighted by Crippen LogP contribution is 2.30. The summed E-state index contributed by atoms with van der Waals surface area (Å²) < 4.78 is 10.7. The third-order valence-corrected chi connectivity index (χ3v) is 3.30. The van der Waals surface area contributed by atoms with Gasteiger partial charge in [0.05, 0.1) is 19.2 Å². The number of ether oxygens (including phenoxy) is 2. The van der Waals surface area contributed by atoms with E-state index in [1.165, 1.54) is 0 Å². The van der Waals surface area contributed by atoms with E-state index in [1.807, 2.05) is 0 Å². The number of hydrogen-bond acceptors (Lipinski definition) is 5. The maximum atomic E-state index is 5.58. The summed E-state index contributed by atoms with van der Waals surface area (Å²) in [5, 5.41) is 0. The van der Waals surface area contributed by atoms with E-state index >= 15 is 0 Å². The van der Waals surface area contributed by atoms with Gasteiger partial charge in [-0.2, -0.15) is 0 Å². The molecule has 0 aliphatic heterocycles. The first kappa shape index (κ1) is 16.7. The van der Waals surface area contributed by atoms with E-state index in [9.17, 15) is 0 Å². The minimum absolute atomic E-state index is 0.363. The Kier molecular flexibility index (Phi) is 6.67. The molecule has 1 rings (SSSR count). The number of hydrogen-bond donors (Lipinski definition) is 1. The molecular formula is C14H23N3O2S. The van der Waals surface area contributed by atoms with Crippen LogP contribution in [-0.2, 0) is 6.54 Å². The molecule has 20 heavy (non-hydrogen) atoms. The summed E-state index contributed by atoms with van der Waals surface area (Å²) in [4.78, 5) is 7.18. The number of nitrogens with zero attached hydrogens (tertiary/aromatic N) is 2. The first-order valence-corrected chi connectivity index (χ1v) is 6.98. The van der Waals surface area contributed by atoms with Crippen molar-refractivity contribution in [2.45, 2.75) is 32.9 Å². The van der Waals surface area contributed by atoms with Gasteiger partial charge in [0.25, 0.3) is 0 Å². The number of thiocarbonyl (C=S) groups is 1. The highest BCUT2D eigenvalue weighted by Gasteiger charge is 2.17. The van der Waals surface area contributed by atoms with Crippen molar-refractivity contribution in [2.75, 3.05) is 20.8 Å². The molecule has 0 aromatic carbocycles. The Bertz CT molecular complexity index is 452.